The van der Waals surface area contributed by atoms with Crippen LogP contribution in [0.5, 0.6) is 5.75 Å². The molecule has 0 unspecified atom stereocenters. The second kappa shape index (κ2) is 9.16. The molecule has 0 spiro atoms. The summed E-state index contributed by atoms with van der Waals surface area (Å²) in [6.45, 7) is 0.779. The third kappa shape index (κ3) is 5.02. The Kier molecular flexibility index (Phi) is 6.32. The van der Waals surface area contributed by atoms with E-state index in [1.165, 1.54) is 13.2 Å². The molecule has 0 amide bonds. The molecule has 4 rings (SSSR count). The first-order valence-electron chi connectivity index (χ1n) is 10.2. The third-order valence-electron chi connectivity index (χ3n) is 5.50. The Morgan fingerprint density at radius 3 is 2.44 bits per heavy atom. The number of methoxy groups -OCH3 is 1. The maximum Gasteiger partial charge on any atom is 0.416 e. The first-order valence-corrected chi connectivity index (χ1v) is 10.2. The van der Waals surface area contributed by atoms with E-state index in [0.717, 1.165) is 17.7 Å². The van der Waals surface area contributed by atoms with E-state index < -0.39 is 11.7 Å². The van der Waals surface area contributed by atoms with Crippen LogP contribution in [-0.2, 0) is 20.4 Å². The van der Waals surface area contributed by atoms with Crippen molar-refractivity contribution in [3.8, 4) is 17.0 Å². The van der Waals surface area contributed by atoms with Crippen molar-refractivity contribution >= 4 is 16.9 Å². The number of hydrogen-bond acceptors (Lipinski definition) is 5. The third-order valence-corrected chi connectivity index (χ3v) is 5.50. The monoisotopic (exact) mass is 445 g/mol. The van der Waals surface area contributed by atoms with Gasteiger partial charge in [0, 0.05) is 10.9 Å². The van der Waals surface area contributed by atoms with Gasteiger partial charge in [0.15, 0.2) is 0 Å². The van der Waals surface area contributed by atoms with Crippen LogP contribution in [-0.4, -0.2) is 37.4 Å². The maximum absolute atomic E-state index is 13.0. The van der Waals surface area contributed by atoms with E-state index in [-0.39, 0.29) is 18.0 Å². The normalized spacial score (nSPS) is 18.2. The van der Waals surface area contributed by atoms with Crippen LogP contribution in [0.15, 0.2) is 54.6 Å². The molecule has 0 bridgehead atoms. The predicted octanol–water partition coefficient (Wildman–Crippen LogP) is 5.27. The van der Waals surface area contributed by atoms with E-state index in [1.54, 1.807) is 24.3 Å². The zero-order valence-electron chi connectivity index (χ0n) is 17.4. The molecule has 0 N–H and O–H groups in total. The van der Waals surface area contributed by atoms with Crippen molar-refractivity contribution in [2.75, 3.05) is 20.3 Å². The Morgan fingerprint density at radius 2 is 1.75 bits per heavy atom. The molecule has 1 fully saturated rings. The van der Waals surface area contributed by atoms with Gasteiger partial charge in [0.25, 0.3) is 0 Å². The van der Waals surface area contributed by atoms with Crippen LogP contribution >= 0.6 is 0 Å². The van der Waals surface area contributed by atoms with Crippen molar-refractivity contribution in [3.63, 3.8) is 0 Å². The molecule has 1 aliphatic carbocycles. The van der Waals surface area contributed by atoms with Gasteiger partial charge in [-0.15, -0.1) is 0 Å². The zero-order chi connectivity index (χ0) is 22.7. The van der Waals surface area contributed by atoms with Crippen LogP contribution in [0.4, 0.5) is 13.2 Å². The molecule has 2 aromatic carbocycles. The molecule has 8 heteroatoms. The van der Waals surface area contributed by atoms with Crippen LogP contribution in [0.3, 0.4) is 0 Å². The topological polar surface area (TPSA) is 57.7 Å². The van der Waals surface area contributed by atoms with Gasteiger partial charge in [0.2, 0.25) is 0 Å². The molecule has 0 atom stereocenters. The van der Waals surface area contributed by atoms with Gasteiger partial charge in [-0.2, -0.15) is 13.2 Å². The van der Waals surface area contributed by atoms with E-state index in [4.69, 9.17) is 14.2 Å². The predicted molar refractivity (Wildman–Crippen MR) is 112 cm³/mol. The van der Waals surface area contributed by atoms with E-state index in [0.29, 0.717) is 48.4 Å². The van der Waals surface area contributed by atoms with Crippen LogP contribution in [0.25, 0.3) is 22.2 Å². The van der Waals surface area contributed by atoms with Gasteiger partial charge < -0.3 is 14.2 Å². The molecular formula is C24H22F3NO4. The van der Waals surface area contributed by atoms with E-state index in [1.807, 2.05) is 12.1 Å². The van der Waals surface area contributed by atoms with Gasteiger partial charge in [0.1, 0.15) is 12.4 Å². The average Bonchev–Trinajstić information content (AvgIpc) is 2.76. The van der Waals surface area contributed by atoms with Crippen molar-refractivity contribution in [2.24, 2.45) is 5.92 Å². The highest BCUT2D eigenvalue weighted by Crippen LogP contribution is 2.32. The van der Waals surface area contributed by atoms with Crippen LogP contribution in [0.2, 0.25) is 0 Å². The highest BCUT2D eigenvalue weighted by molar-refractivity contribution is 5.82. The quantitative estimate of drug-likeness (QED) is 0.366. The van der Waals surface area contributed by atoms with E-state index in [9.17, 15) is 18.0 Å². The number of hydrogen-bond donors (Lipinski definition) is 0. The molecule has 1 aliphatic rings. The number of halogens is 3. The number of aromatic nitrogens is 1. The first-order chi connectivity index (χ1) is 15.3. The Bertz CT molecular complexity index is 1090. The summed E-state index contributed by atoms with van der Waals surface area (Å²) in [6, 6.07) is 14.3. The van der Waals surface area contributed by atoms with Crippen molar-refractivity contribution in [3.05, 3.63) is 60.2 Å². The number of benzene rings is 2. The molecule has 0 saturated heterocycles. The van der Waals surface area contributed by atoms with Crippen molar-refractivity contribution in [2.45, 2.75) is 25.1 Å². The van der Waals surface area contributed by atoms with Gasteiger partial charge in [0.05, 0.1) is 42.5 Å². The number of carbonyl (C=O) groups is 1. The summed E-state index contributed by atoms with van der Waals surface area (Å²) in [7, 11) is 1.38. The number of pyridine rings is 1. The smallest absolute Gasteiger partial charge is 0.416 e. The summed E-state index contributed by atoms with van der Waals surface area (Å²) in [5, 5.41) is 0.645. The number of rotatable bonds is 7. The lowest BCUT2D eigenvalue weighted by Crippen LogP contribution is -2.37. The lowest BCUT2D eigenvalue weighted by atomic mass is 9.82. The zero-order valence-corrected chi connectivity index (χ0v) is 17.4. The van der Waals surface area contributed by atoms with Gasteiger partial charge in [-0.1, -0.05) is 12.1 Å². The largest absolute Gasteiger partial charge is 0.491 e. The molecule has 32 heavy (non-hydrogen) atoms. The first kappa shape index (κ1) is 22.1. The van der Waals surface area contributed by atoms with Gasteiger partial charge in [-0.05, 0) is 55.3 Å². The number of esters is 1. The number of nitrogens with zero attached hydrogens (tertiary/aromatic N) is 1. The van der Waals surface area contributed by atoms with E-state index >= 15 is 0 Å². The van der Waals surface area contributed by atoms with Crippen molar-refractivity contribution in [1.29, 1.82) is 0 Å². The number of carbonyl (C=O) groups excluding carboxylic acids is 1. The average molecular weight is 445 g/mol. The number of alkyl halides is 3. The molecule has 3 aromatic rings. The van der Waals surface area contributed by atoms with Gasteiger partial charge >= 0.3 is 12.1 Å². The number of ether oxygens (including phenoxy) is 3. The van der Waals surface area contributed by atoms with Crippen molar-refractivity contribution < 1.29 is 32.2 Å². The Hall–Kier alpha value is -3.13. The molecule has 5 nitrogen and oxygen atoms in total. The molecule has 0 radical (unpaired) electrons. The summed E-state index contributed by atoms with van der Waals surface area (Å²) >= 11 is 0. The molecule has 1 saturated carbocycles. The minimum atomic E-state index is -4.41. The summed E-state index contributed by atoms with van der Waals surface area (Å²) in [4.78, 5) is 15.7. The fraction of sp³-hybridized carbons (Fsp3) is 0.333. The lowest BCUT2D eigenvalue weighted by Gasteiger charge is -2.32. The maximum atomic E-state index is 13.0. The minimum absolute atomic E-state index is 0.0573. The SMILES string of the molecule is COC(=O)[C@H]1C[C@@H](OCCOc2ccc(-c3ccc4ccc(C(F)(F)F)cc4n3)cc2)C1. The second-order valence-electron chi connectivity index (χ2n) is 7.66. The van der Waals surface area contributed by atoms with Crippen LogP contribution in [0, 0.1) is 5.92 Å². The van der Waals surface area contributed by atoms with Crippen molar-refractivity contribution in [1.82, 2.24) is 4.98 Å². The minimum Gasteiger partial charge on any atom is -0.491 e. The van der Waals surface area contributed by atoms with Gasteiger partial charge in [-0.25, -0.2) is 4.98 Å². The molecule has 168 valence electrons. The summed E-state index contributed by atoms with van der Waals surface area (Å²) in [5.74, 6) is 0.392. The molecule has 0 aliphatic heterocycles. The Labute approximate surface area is 183 Å². The van der Waals surface area contributed by atoms with Crippen LogP contribution < -0.4 is 4.74 Å². The molecular weight excluding hydrogens is 423 g/mol. The Morgan fingerprint density at radius 1 is 1.03 bits per heavy atom. The lowest BCUT2D eigenvalue weighted by molar-refractivity contribution is -0.155. The molecule has 1 aromatic heterocycles. The fourth-order valence-corrected chi connectivity index (χ4v) is 3.61. The van der Waals surface area contributed by atoms with E-state index in [2.05, 4.69) is 4.98 Å². The highest BCUT2D eigenvalue weighted by atomic mass is 19.4. The summed E-state index contributed by atoms with van der Waals surface area (Å²) < 4.78 is 55.0. The summed E-state index contributed by atoms with van der Waals surface area (Å²) in [6.07, 6.45) is -3.01. The second-order valence-corrected chi connectivity index (χ2v) is 7.66. The van der Waals surface area contributed by atoms with Crippen LogP contribution in [0.1, 0.15) is 18.4 Å². The Balaban J connectivity index is 1.31. The standard InChI is InChI=1S/C24H22F3NO4/c1-30-23(29)17-12-20(13-17)32-11-10-31-19-7-3-15(4-8-19)21-9-5-16-2-6-18(24(25,26)27)14-22(16)28-21/h2-9,14,17,20H,10-13H2,1H3/t17-,20+. The highest BCUT2D eigenvalue weighted by Gasteiger charge is 2.35. The summed E-state index contributed by atoms with van der Waals surface area (Å²) in [5.41, 5.74) is 0.927. The fourth-order valence-electron chi connectivity index (χ4n) is 3.61. The number of fused-ring (bicyclic) bond motifs is 1. The molecule has 1 heterocycles. The van der Waals surface area contributed by atoms with Gasteiger partial charge in [-0.3, -0.25) is 4.79 Å².